The fraction of sp³-hybridized carbons (Fsp3) is 0.533. The minimum atomic E-state index is -4.79. The highest BCUT2D eigenvalue weighted by Gasteiger charge is 2.65. The molecule has 0 saturated carbocycles. The second-order valence-electron chi connectivity index (χ2n) is 5.84. The van der Waals surface area contributed by atoms with Crippen LogP contribution in [0.4, 0.5) is 22.0 Å². The maximum atomic E-state index is 13.9. The number of hydrogen-bond donors (Lipinski definition) is 1. The van der Waals surface area contributed by atoms with Crippen LogP contribution < -0.4 is 10.5 Å². The minimum Gasteiger partial charge on any atom is -0.493 e. The number of rotatable bonds is 3. The summed E-state index contributed by atoms with van der Waals surface area (Å²) in [6, 6.07) is 1.82. The van der Waals surface area contributed by atoms with E-state index in [-0.39, 0.29) is 5.56 Å². The Balaban J connectivity index is 2.64. The Morgan fingerprint density at radius 1 is 1.33 bits per heavy atom. The molecule has 1 aromatic carbocycles. The summed E-state index contributed by atoms with van der Waals surface area (Å²) in [7, 11) is 1.05. The van der Waals surface area contributed by atoms with Gasteiger partial charge < -0.3 is 15.2 Å². The molecule has 9 heteroatoms. The molecule has 4 nitrogen and oxygen atoms in total. The molecule has 24 heavy (non-hydrogen) atoms. The van der Waals surface area contributed by atoms with Gasteiger partial charge in [-0.15, -0.1) is 0 Å². The smallest absolute Gasteiger partial charge is 0.417 e. The molecular weight excluding hydrogens is 337 g/mol. The fourth-order valence-electron chi connectivity index (χ4n) is 3.06. The molecule has 0 aliphatic carbocycles. The Kier molecular flexibility index (Phi) is 4.51. The van der Waals surface area contributed by atoms with E-state index < -0.39 is 53.0 Å². The third kappa shape index (κ3) is 2.60. The van der Waals surface area contributed by atoms with Gasteiger partial charge in [0.15, 0.2) is 17.2 Å². The highest BCUT2D eigenvalue weighted by Crippen LogP contribution is 2.54. The molecule has 0 spiro atoms. The number of primary amides is 1. The van der Waals surface area contributed by atoms with Crippen molar-refractivity contribution in [3.63, 3.8) is 0 Å². The van der Waals surface area contributed by atoms with Crippen molar-refractivity contribution in [3.05, 3.63) is 29.3 Å². The van der Waals surface area contributed by atoms with Gasteiger partial charge in [0.25, 0.3) is 0 Å². The van der Waals surface area contributed by atoms with E-state index in [0.717, 1.165) is 26.2 Å². The van der Waals surface area contributed by atoms with Crippen LogP contribution in [-0.4, -0.2) is 30.9 Å². The van der Waals surface area contributed by atoms with Crippen LogP contribution in [0.25, 0.3) is 0 Å². The van der Waals surface area contributed by atoms with E-state index >= 15 is 0 Å². The third-order valence-corrected chi connectivity index (χ3v) is 4.59. The van der Waals surface area contributed by atoms with Gasteiger partial charge in [-0.05, 0) is 13.0 Å². The SMILES string of the molecule is COc1c(C2C(C(N)=O)OC(C)(C(F)(F)F)C2C)ccc(F)c1F. The molecule has 4 unspecified atom stereocenters. The maximum absolute atomic E-state index is 13.9. The third-order valence-electron chi connectivity index (χ3n) is 4.59. The summed E-state index contributed by atoms with van der Waals surface area (Å²) in [5.74, 6) is -6.84. The molecule has 1 aromatic rings. The number of hydrogen-bond acceptors (Lipinski definition) is 3. The second-order valence-corrected chi connectivity index (χ2v) is 5.84. The first-order valence-corrected chi connectivity index (χ1v) is 7.01. The molecule has 0 aromatic heterocycles. The first kappa shape index (κ1) is 18.4. The largest absolute Gasteiger partial charge is 0.493 e. The van der Waals surface area contributed by atoms with Crippen LogP contribution >= 0.6 is 0 Å². The molecule has 1 heterocycles. The minimum absolute atomic E-state index is 0.110. The van der Waals surface area contributed by atoms with Gasteiger partial charge in [-0.2, -0.15) is 17.6 Å². The Labute approximate surface area is 134 Å². The lowest BCUT2D eigenvalue weighted by Gasteiger charge is -2.32. The van der Waals surface area contributed by atoms with Gasteiger partial charge in [-0.3, -0.25) is 4.79 Å². The van der Waals surface area contributed by atoms with Gasteiger partial charge in [0.2, 0.25) is 11.7 Å². The number of methoxy groups -OCH3 is 1. The Morgan fingerprint density at radius 3 is 2.38 bits per heavy atom. The monoisotopic (exact) mass is 353 g/mol. The standard InChI is InChI=1S/C15H16F5NO3/c1-6-9(7-4-5-8(16)10(17)11(7)23-3)12(13(21)22)24-14(6,2)15(18,19)20/h4-6,9,12H,1-3H3,(H2,21,22). The molecule has 1 fully saturated rings. The van der Waals surface area contributed by atoms with Crippen molar-refractivity contribution in [2.24, 2.45) is 11.7 Å². The lowest BCUT2D eigenvalue weighted by atomic mass is 9.77. The molecular formula is C15H16F5NO3. The Hall–Kier alpha value is -1.90. The van der Waals surface area contributed by atoms with Gasteiger partial charge in [0.05, 0.1) is 7.11 Å². The lowest BCUT2D eigenvalue weighted by molar-refractivity contribution is -0.272. The molecule has 1 aliphatic rings. The summed E-state index contributed by atoms with van der Waals surface area (Å²) in [5.41, 5.74) is 2.39. The Bertz CT molecular complexity index is 663. The van der Waals surface area contributed by atoms with Crippen LogP contribution in [0.2, 0.25) is 0 Å². The summed E-state index contributed by atoms with van der Waals surface area (Å²) in [6.07, 6.45) is -6.45. The van der Waals surface area contributed by atoms with Crippen molar-refractivity contribution in [1.29, 1.82) is 0 Å². The lowest BCUT2D eigenvalue weighted by Crippen LogP contribution is -2.47. The van der Waals surface area contributed by atoms with Crippen LogP contribution in [0, 0.1) is 17.6 Å². The highest BCUT2D eigenvalue weighted by atomic mass is 19.4. The van der Waals surface area contributed by atoms with E-state index in [1.165, 1.54) is 6.92 Å². The number of ether oxygens (including phenoxy) is 2. The highest BCUT2D eigenvalue weighted by molar-refractivity contribution is 5.81. The number of alkyl halides is 3. The van der Waals surface area contributed by atoms with Gasteiger partial charge >= 0.3 is 6.18 Å². The van der Waals surface area contributed by atoms with Crippen molar-refractivity contribution in [2.45, 2.75) is 37.6 Å². The molecule has 0 bridgehead atoms. The van der Waals surface area contributed by atoms with Crippen LogP contribution in [-0.2, 0) is 9.53 Å². The molecule has 1 amide bonds. The fourth-order valence-corrected chi connectivity index (χ4v) is 3.06. The predicted octanol–water partition coefficient (Wildman–Crippen LogP) is 2.90. The predicted molar refractivity (Wildman–Crippen MR) is 73.3 cm³/mol. The first-order chi connectivity index (χ1) is 11.0. The summed E-state index contributed by atoms with van der Waals surface area (Å²) < 4.78 is 77.2. The molecule has 2 N–H and O–H groups in total. The van der Waals surface area contributed by atoms with Crippen molar-refractivity contribution in [2.75, 3.05) is 7.11 Å². The number of amides is 1. The zero-order valence-electron chi connectivity index (χ0n) is 13.1. The van der Waals surface area contributed by atoms with Crippen molar-refractivity contribution >= 4 is 5.91 Å². The van der Waals surface area contributed by atoms with Crippen molar-refractivity contribution in [1.82, 2.24) is 0 Å². The average molecular weight is 353 g/mol. The summed E-state index contributed by atoms with van der Waals surface area (Å²) in [5, 5.41) is 0. The van der Waals surface area contributed by atoms with E-state index in [1.807, 2.05) is 0 Å². The summed E-state index contributed by atoms with van der Waals surface area (Å²) in [6.45, 7) is 2.00. The zero-order chi connectivity index (χ0) is 18.4. The topological polar surface area (TPSA) is 61.5 Å². The first-order valence-electron chi connectivity index (χ1n) is 7.01. The normalized spacial score (nSPS) is 30.4. The van der Waals surface area contributed by atoms with Crippen LogP contribution in [0.1, 0.15) is 25.3 Å². The van der Waals surface area contributed by atoms with Crippen LogP contribution in [0.5, 0.6) is 5.75 Å². The second kappa shape index (κ2) is 5.87. The van der Waals surface area contributed by atoms with Gasteiger partial charge in [-0.1, -0.05) is 13.0 Å². The van der Waals surface area contributed by atoms with E-state index in [9.17, 15) is 26.7 Å². The zero-order valence-corrected chi connectivity index (χ0v) is 13.1. The molecule has 4 atom stereocenters. The molecule has 134 valence electrons. The number of carbonyl (C=O) groups is 1. The molecule has 1 saturated heterocycles. The molecule has 1 aliphatic heterocycles. The van der Waals surface area contributed by atoms with Gasteiger partial charge in [-0.25, -0.2) is 4.39 Å². The van der Waals surface area contributed by atoms with Crippen molar-refractivity contribution in [3.8, 4) is 5.75 Å². The van der Waals surface area contributed by atoms with Crippen molar-refractivity contribution < 1.29 is 36.2 Å². The van der Waals surface area contributed by atoms with Crippen LogP contribution in [0.3, 0.4) is 0 Å². The van der Waals surface area contributed by atoms with Gasteiger partial charge in [0, 0.05) is 17.4 Å². The Morgan fingerprint density at radius 2 is 1.92 bits per heavy atom. The van der Waals surface area contributed by atoms with E-state index in [2.05, 4.69) is 0 Å². The molecule has 2 rings (SSSR count). The summed E-state index contributed by atoms with van der Waals surface area (Å²) >= 11 is 0. The number of halogens is 5. The molecule has 0 radical (unpaired) electrons. The quantitative estimate of drug-likeness (QED) is 0.850. The van der Waals surface area contributed by atoms with E-state index in [4.69, 9.17) is 15.2 Å². The maximum Gasteiger partial charge on any atom is 0.417 e. The number of carbonyl (C=O) groups excluding carboxylic acids is 1. The number of nitrogens with two attached hydrogens (primary N) is 1. The van der Waals surface area contributed by atoms with E-state index in [1.54, 1.807) is 0 Å². The summed E-state index contributed by atoms with van der Waals surface area (Å²) in [4.78, 5) is 11.6. The van der Waals surface area contributed by atoms with Crippen LogP contribution in [0.15, 0.2) is 12.1 Å². The number of benzene rings is 1. The van der Waals surface area contributed by atoms with E-state index in [0.29, 0.717) is 0 Å². The average Bonchev–Trinajstić information content (AvgIpc) is 2.75. The van der Waals surface area contributed by atoms with Gasteiger partial charge in [0.1, 0.15) is 6.10 Å².